The highest BCUT2D eigenvalue weighted by Gasteiger charge is 2.59. The Morgan fingerprint density at radius 1 is 0.664 bits per heavy atom. The molecule has 4 saturated carbocycles. The molecular weight excluding hydrogens is 1390 g/mol. The van der Waals surface area contributed by atoms with Gasteiger partial charge in [0.15, 0.2) is 0 Å². The average molecular weight is 1510 g/mol. The Kier molecular flexibility index (Phi) is 31.1. The van der Waals surface area contributed by atoms with Crippen LogP contribution in [0.15, 0.2) is 12.2 Å². The molecule has 12 amide bonds. The third-order valence-electron chi connectivity index (χ3n) is 24.7. The van der Waals surface area contributed by atoms with Crippen molar-refractivity contribution in [1.29, 1.82) is 0 Å². The van der Waals surface area contributed by atoms with Crippen molar-refractivity contribution in [1.82, 2.24) is 60.0 Å². The highest BCUT2D eigenvalue weighted by Crippen LogP contribution is 2.50. The zero-order chi connectivity index (χ0) is 79.3. The van der Waals surface area contributed by atoms with E-state index in [0.29, 0.717) is 31.6 Å². The van der Waals surface area contributed by atoms with Gasteiger partial charge in [-0.3, -0.25) is 57.5 Å². The van der Waals surface area contributed by atoms with Crippen LogP contribution in [0.3, 0.4) is 0 Å². The first kappa shape index (κ1) is 87.3. The van der Waals surface area contributed by atoms with Crippen LogP contribution in [0.2, 0.25) is 0 Å². The zero-order valence-electron chi connectivity index (χ0n) is 66.8. The van der Waals surface area contributed by atoms with Gasteiger partial charge in [-0.05, 0) is 145 Å². The first-order valence-electron chi connectivity index (χ1n) is 39.6. The van der Waals surface area contributed by atoms with E-state index in [1.807, 2.05) is 33.8 Å². The zero-order valence-corrected chi connectivity index (χ0v) is 66.8. The van der Waals surface area contributed by atoms with Crippen molar-refractivity contribution in [2.24, 2.45) is 46.8 Å². The van der Waals surface area contributed by atoms with Crippen molar-refractivity contribution in [2.45, 2.75) is 263 Å². The van der Waals surface area contributed by atoms with Gasteiger partial charge < -0.3 is 69.5 Å². The molecule has 6 fully saturated rings. The third kappa shape index (κ3) is 21.4. The van der Waals surface area contributed by atoms with Gasteiger partial charge in [-0.1, -0.05) is 98.6 Å². The number of carbonyl (C=O) groups excluding carboxylic acids is 12. The number of halogens is 3. The number of hydrogen-bond donors (Lipinski definition) is 3. The maximum absolute atomic E-state index is 15.8. The molecule has 29 heteroatoms. The number of nitrogens with one attached hydrogen (secondary N) is 3. The van der Waals surface area contributed by atoms with Crippen molar-refractivity contribution in [2.75, 3.05) is 102 Å². The summed E-state index contributed by atoms with van der Waals surface area (Å²) in [6.45, 7) is 15.9. The SMILES string of the molecule is CCOC[C@H]1C(=O)N[C@@H]([C@@H](C)CC)C(=O)N(C)CC(=O)N(C)[C@H]2C/C=C\CCN(C2=O)[C@@H](CC2CCC(C)CC2)C(=O)N(C)CC(=O)N[C@@H](CCC2CCC(C(F)(F)F)C(OC)C2)C(=O)N2C[C@@H](C)C[C@H]2C(=O)NC2(CC(C)(C)C2)C(=O)N(C)[C@@H](C2CCCC2)C(=O)N(C)[C@H](C(=O)N(CC)CC)CC(=O)N1C. The number of likely N-dealkylation sites (N-methyl/N-ethyl adjacent to an activating group) is 7. The normalized spacial score (nSPS) is 31.7. The van der Waals surface area contributed by atoms with E-state index in [4.69, 9.17) is 9.47 Å². The molecule has 26 nitrogen and oxygen atoms in total. The molecule has 4 aliphatic carbocycles. The molecule has 0 radical (unpaired) electrons. The fourth-order valence-electron chi connectivity index (χ4n) is 18.1. The maximum atomic E-state index is 15.8. The van der Waals surface area contributed by atoms with E-state index in [9.17, 15) is 37.1 Å². The standard InChI is InChI=1S/C78H127F3N12O14/c1-17-50(7)65-73(103)86(11)44-64(96)87(12)56-28-22-21-25-37-92(72(56)102)59(39-51-31-29-48(5)30-32-51)70(100)85(10)43-62(94)82-55(36-34-52-33-35-54(78(79,80)81)61(40-52)106-16)69(99)93-42-49(6)38-57(93)68(98)84-77(46-76(8,9)47-77)75(105)90(15)66(53-26-23-24-27-53)74(104)89(14)58(71(101)91(18-2)19-3)41-63(95)88(13)60(45-107-20-4)67(97)83-65/h21-22,48-61,65-66H,17-20,23-47H2,1-16H3,(H,82,94)(H,83,97)(H,84,98)/b22-21-/t48?,49-,50-,51?,52?,54?,55-,56-,57-,58-,59-,60-,61?,65-,66-/m0/s1. The number of fused-ring (bicyclic) bond motifs is 3. The lowest BCUT2D eigenvalue weighted by molar-refractivity contribution is -0.215. The van der Waals surface area contributed by atoms with Gasteiger partial charge in [-0.15, -0.1) is 0 Å². The Bertz CT molecular complexity index is 3170. The molecule has 13 atom stereocenters. The number of carbonyl (C=O) groups is 12. The minimum absolute atomic E-state index is 0.00183. The number of rotatable bonds is 15. The third-order valence-corrected chi connectivity index (χ3v) is 24.7. The summed E-state index contributed by atoms with van der Waals surface area (Å²) in [4.78, 5) is 195. The molecule has 1 spiro atoms. The van der Waals surface area contributed by atoms with Gasteiger partial charge in [-0.25, -0.2) is 0 Å². The molecule has 2 saturated heterocycles. The van der Waals surface area contributed by atoms with E-state index < -0.39 is 180 Å². The summed E-state index contributed by atoms with van der Waals surface area (Å²) in [5.41, 5.74) is -2.13. The fraction of sp³-hybridized carbons (Fsp3) is 0.821. The van der Waals surface area contributed by atoms with E-state index in [2.05, 4.69) is 22.9 Å². The van der Waals surface area contributed by atoms with E-state index in [-0.39, 0.29) is 121 Å². The number of alkyl halides is 3. The number of nitrogens with zero attached hydrogens (tertiary/aromatic N) is 9. The number of amides is 12. The minimum Gasteiger partial charge on any atom is -0.381 e. The number of ether oxygens (including phenoxy) is 2. The lowest BCUT2D eigenvalue weighted by atomic mass is 9.58. The van der Waals surface area contributed by atoms with Gasteiger partial charge in [0.2, 0.25) is 70.9 Å². The summed E-state index contributed by atoms with van der Waals surface area (Å²) < 4.78 is 54.2. The Morgan fingerprint density at radius 2 is 1.30 bits per heavy atom. The second-order valence-electron chi connectivity index (χ2n) is 33.2. The molecule has 604 valence electrons. The Labute approximate surface area is 632 Å². The van der Waals surface area contributed by atoms with Gasteiger partial charge in [0.05, 0.1) is 38.1 Å². The summed E-state index contributed by atoms with van der Waals surface area (Å²) in [6, 6.07) is -10.2. The topological polar surface area (TPSA) is 289 Å². The van der Waals surface area contributed by atoms with Crippen molar-refractivity contribution >= 4 is 70.9 Å². The van der Waals surface area contributed by atoms with Gasteiger partial charge in [0, 0.05) is 82.2 Å². The average Bonchev–Trinajstić information content (AvgIpc) is 1.43. The van der Waals surface area contributed by atoms with Gasteiger partial charge in [-0.2, -0.15) is 13.2 Å². The largest absolute Gasteiger partial charge is 0.394 e. The molecule has 0 aromatic carbocycles. The molecule has 3 unspecified atom stereocenters. The summed E-state index contributed by atoms with van der Waals surface area (Å²) in [5.74, 6) is -10.7. The molecule has 3 heterocycles. The van der Waals surface area contributed by atoms with Crippen LogP contribution in [0, 0.1) is 46.8 Å². The van der Waals surface area contributed by atoms with Gasteiger partial charge in [0.25, 0.3) is 0 Å². The Balaban J connectivity index is 1.33. The van der Waals surface area contributed by atoms with E-state index in [1.165, 1.54) is 83.7 Å². The lowest BCUT2D eigenvalue weighted by Crippen LogP contribution is -2.71. The van der Waals surface area contributed by atoms with Crippen LogP contribution < -0.4 is 16.0 Å². The molecule has 0 aromatic rings. The predicted octanol–water partition coefficient (Wildman–Crippen LogP) is 6.18. The molecule has 7 rings (SSSR count). The van der Waals surface area contributed by atoms with Crippen LogP contribution in [0.4, 0.5) is 13.2 Å². The highest BCUT2D eigenvalue weighted by atomic mass is 19.4. The lowest BCUT2D eigenvalue weighted by Gasteiger charge is -2.54. The van der Waals surface area contributed by atoms with Crippen molar-refractivity contribution in [3.63, 3.8) is 0 Å². The van der Waals surface area contributed by atoms with Crippen LogP contribution in [0.5, 0.6) is 0 Å². The second-order valence-corrected chi connectivity index (χ2v) is 33.2. The van der Waals surface area contributed by atoms with Crippen LogP contribution in [-0.4, -0.2) is 283 Å². The van der Waals surface area contributed by atoms with Crippen molar-refractivity contribution in [3.8, 4) is 0 Å². The summed E-state index contributed by atoms with van der Waals surface area (Å²) >= 11 is 0. The summed E-state index contributed by atoms with van der Waals surface area (Å²) in [5, 5.41) is 8.88. The highest BCUT2D eigenvalue weighted by molar-refractivity contribution is 6.01. The Hall–Kier alpha value is -6.91. The Morgan fingerprint density at radius 3 is 1.90 bits per heavy atom. The first-order valence-corrected chi connectivity index (χ1v) is 39.6. The molecular formula is C78H127F3N12O14. The predicted molar refractivity (Wildman–Crippen MR) is 396 cm³/mol. The minimum atomic E-state index is -4.51. The number of hydrogen-bond acceptors (Lipinski definition) is 14. The monoisotopic (exact) mass is 1510 g/mol. The smallest absolute Gasteiger partial charge is 0.381 e. The second kappa shape index (κ2) is 38.1. The van der Waals surface area contributed by atoms with Crippen molar-refractivity contribution < 1.29 is 80.2 Å². The number of methoxy groups -OCH3 is 1. The van der Waals surface area contributed by atoms with E-state index in [1.54, 1.807) is 33.8 Å². The quantitative estimate of drug-likeness (QED) is 0.155. The van der Waals surface area contributed by atoms with Gasteiger partial charge >= 0.3 is 6.18 Å². The summed E-state index contributed by atoms with van der Waals surface area (Å²) in [6.07, 6.45) is 4.66. The molecule has 2 bridgehead atoms. The van der Waals surface area contributed by atoms with Crippen LogP contribution in [0.1, 0.15) is 197 Å². The molecule has 0 aromatic heterocycles. The molecule has 7 aliphatic rings. The first-order chi connectivity index (χ1) is 50.4. The fourth-order valence-corrected chi connectivity index (χ4v) is 18.1. The molecule has 3 aliphatic heterocycles. The van der Waals surface area contributed by atoms with Crippen molar-refractivity contribution in [3.05, 3.63) is 12.2 Å². The van der Waals surface area contributed by atoms with Crippen LogP contribution >= 0.6 is 0 Å². The maximum Gasteiger partial charge on any atom is 0.394 e. The van der Waals surface area contributed by atoms with Crippen LogP contribution in [0.25, 0.3) is 0 Å². The van der Waals surface area contributed by atoms with E-state index in [0.717, 1.165) is 48.3 Å². The van der Waals surface area contributed by atoms with E-state index >= 15 is 33.6 Å². The summed E-state index contributed by atoms with van der Waals surface area (Å²) in [7, 11) is 9.81. The molecule has 3 N–H and O–H groups in total. The van der Waals surface area contributed by atoms with Crippen LogP contribution in [-0.2, 0) is 67.0 Å². The van der Waals surface area contributed by atoms with Gasteiger partial charge in [0.1, 0.15) is 53.9 Å². The molecule has 107 heavy (non-hydrogen) atoms.